The van der Waals surface area contributed by atoms with E-state index in [0.717, 1.165) is 35.2 Å². The molecular weight excluding hydrogens is 583 g/mol. The molecule has 1 amide bonds. The van der Waals surface area contributed by atoms with Crippen molar-refractivity contribution in [3.05, 3.63) is 75.2 Å². The zero-order valence-corrected chi connectivity index (χ0v) is 28.0. The van der Waals surface area contributed by atoms with Gasteiger partial charge in [0, 0.05) is 37.4 Å². The molecule has 1 saturated heterocycles. The maximum absolute atomic E-state index is 15.5. The Morgan fingerprint density at radius 2 is 1.80 bits per heavy atom. The number of carbonyl (C=O) groups is 1. The first-order valence-electron chi connectivity index (χ1n) is 16.2. The van der Waals surface area contributed by atoms with E-state index < -0.39 is 11.3 Å². The van der Waals surface area contributed by atoms with E-state index in [4.69, 9.17) is 14.7 Å². The molecule has 6 rings (SSSR count). The van der Waals surface area contributed by atoms with Crippen LogP contribution in [0.2, 0.25) is 0 Å². The Morgan fingerprint density at radius 1 is 1.07 bits per heavy atom. The first-order chi connectivity index (χ1) is 21.7. The summed E-state index contributed by atoms with van der Waals surface area (Å²) >= 11 is 0. The van der Waals surface area contributed by atoms with Gasteiger partial charge in [0.1, 0.15) is 17.2 Å². The van der Waals surface area contributed by atoms with E-state index in [1.807, 2.05) is 67.5 Å². The monoisotopic (exact) mass is 626 g/mol. The summed E-state index contributed by atoms with van der Waals surface area (Å²) in [6.07, 6.45) is 3.37. The number of aromatic nitrogens is 4. The summed E-state index contributed by atoms with van der Waals surface area (Å²) in [5.74, 6) is 0.436. The number of rotatable bonds is 5. The molecule has 0 spiro atoms. The number of benzene rings is 1. The Kier molecular flexibility index (Phi) is 8.11. The second-order valence-electron chi connectivity index (χ2n) is 14.1. The SMILES string of the molecule is Cc1ccc(F)c(-c2nc3c(cc2C2CC2)c(N2CCN(C(=O)OC(C)(C)C)CC2C)nc(=O)n3-c2c(C)ccnc2C(C)C)c1. The van der Waals surface area contributed by atoms with Crippen LogP contribution in [-0.2, 0) is 4.74 Å². The fraction of sp³-hybridized carbons (Fsp3) is 0.472. The summed E-state index contributed by atoms with van der Waals surface area (Å²) in [5.41, 5.74) is 4.46. The van der Waals surface area contributed by atoms with Crippen LogP contribution in [0, 0.1) is 19.7 Å². The average Bonchev–Trinajstić information content (AvgIpc) is 3.82. The van der Waals surface area contributed by atoms with Gasteiger partial charge in [0.15, 0.2) is 5.65 Å². The normalized spacial score (nSPS) is 17.2. The lowest BCUT2D eigenvalue weighted by Crippen LogP contribution is -2.55. The minimum atomic E-state index is -0.599. The number of carbonyl (C=O) groups excluding carboxylic acids is 1. The molecule has 1 atom stereocenters. The van der Waals surface area contributed by atoms with Gasteiger partial charge in [0.05, 0.1) is 22.5 Å². The van der Waals surface area contributed by atoms with Crippen molar-refractivity contribution < 1.29 is 13.9 Å². The fourth-order valence-electron chi connectivity index (χ4n) is 6.36. The zero-order valence-electron chi connectivity index (χ0n) is 28.0. The third kappa shape index (κ3) is 5.97. The van der Waals surface area contributed by atoms with Gasteiger partial charge in [-0.1, -0.05) is 25.5 Å². The smallest absolute Gasteiger partial charge is 0.410 e. The molecule has 0 N–H and O–H groups in total. The molecule has 1 aromatic carbocycles. The second-order valence-corrected chi connectivity index (χ2v) is 14.1. The predicted octanol–water partition coefficient (Wildman–Crippen LogP) is 7.05. The molecule has 1 aliphatic carbocycles. The van der Waals surface area contributed by atoms with E-state index in [9.17, 15) is 9.59 Å². The van der Waals surface area contributed by atoms with Crippen molar-refractivity contribution in [2.24, 2.45) is 0 Å². The molecule has 9 nitrogen and oxygen atoms in total. The number of pyridine rings is 2. The first kappa shape index (κ1) is 31.6. The van der Waals surface area contributed by atoms with Crippen LogP contribution in [0.5, 0.6) is 0 Å². The number of nitrogens with zero attached hydrogens (tertiary/aromatic N) is 6. The summed E-state index contributed by atoms with van der Waals surface area (Å²) in [6, 6.07) is 8.85. The Bertz CT molecular complexity index is 1890. The van der Waals surface area contributed by atoms with Crippen molar-refractivity contribution in [3.63, 3.8) is 0 Å². The Balaban J connectivity index is 1.59. The van der Waals surface area contributed by atoms with Gasteiger partial charge in [-0.05, 0) is 102 Å². The molecule has 0 bridgehead atoms. The third-order valence-electron chi connectivity index (χ3n) is 8.75. The van der Waals surface area contributed by atoms with Crippen LogP contribution in [-0.4, -0.2) is 61.8 Å². The molecule has 1 saturated carbocycles. The lowest BCUT2D eigenvalue weighted by Gasteiger charge is -2.41. The number of amides is 1. The minimum Gasteiger partial charge on any atom is -0.444 e. The van der Waals surface area contributed by atoms with Crippen molar-refractivity contribution in [2.45, 2.75) is 91.7 Å². The van der Waals surface area contributed by atoms with Crippen LogP contribution in [0.15, 0.2) is 41.3 Å². The molecule has 3 aromatic heterocycles. The van der Waals surface area contributed by atoms with E-state index in [2.05, 4.69) is 16.0 Å². The highest BCUT2D eigenvalue weighted by Crippen LogP contribution is 2.46. The molecule has 10 heteroatoms. The molecule has 1 unspecified atom stereocenters. The quantitative estimate of drug-likeness (QED) is 0.235. The third-order valence-corrected chi connectivity index (χ3v) is 8.75. The lowest BCUT2D eigenvalue weighted by molar-refractivity contribution is 0.0218. The van der Waals surface area contributed by atoms with Gasteiger partial charge < -0.3 is 14.5 Å². The Labute approximate surface area is 269 Å². The van der Waals surface area contributed by atoms with Crippen molar-refractivity contribution in [3.8, 4) is 16.9 Å². The fourth-order valence-corrected chi connectivity index (χ4v) is 6.36. The molecule has 2 fully saturated rings. The van der Waals surface area contributed by atoms with Crippen molar-refractivity contribution >= 4 is 22.9 Å². The minimum absolute atomic E-state index is 0.0249. The molecule has 4 heterocycles. The number of piperazine rings is 1. The molecule has 46 heavy (non-hydrogen) atoms. The molecule has 1 aliphatic heterocycles. The van der Waals surface area contributed by atoms with Gasteiger partial charge >= 0.3 is 11.8 Å². The van der Waals surface area contributed by atoms with Crippen molar-refractivity contribution in [2.75, 3.05) is 24.5 Å². The number of fused-ring (bicyclic) bond motifs is 1. The number of hydrogen-bond donors (Lipinski definition) is 0. The standard InChI is InChI=1S/C36H43FN6O3/c1-20(2)29-31(22(4)13-14-38-29)43-33-27(18-25(24-10-11-24)30(39-33)26-17-21(3)9-12-28(26)37)32(40-34(43)44)42-16-15-41(19-23(42)5)35(45)46-36(6,7)8/h9,12-14,17-18,20,23-24H,10-11,15-16,19H2,1-8H3. The van der Waals surface area contributed by atoms with Crippen molar-refractivity contribution in [1.29, 1.82) is 0 Å². The molecule has 242 valence electrons. The van der Waals surface area contributed by atoms with Gasteiger partial charge in [-0.2, -0.15) is 4.98 Å². The van der Waals surface area contributed by atoms with Crippen LogP contribution >= 0.6 is 0 Å². The van der Waals surface area contributed by atoms with Crippen LogP contribution < -0.4 is 10.6 Å². The van der Waals surface area contributed by atoms with Crippen LogP contribution in [0.1, 0.15) is 88.6 Å². The Morgan fingerprint density at radius 3 is 2.46 bits per heavy atom. The lowest BCUT2D eigenvalue weighted by atomic mass is 9.98. The highest BCUT2D eigenvalue weighted by atomic mass is 19.1. The van der Waals surface area contributed by atoms with Crippen LogP contribution in [0.3, 0.4) is 0 Å². The van der Waals surface area contributed by atoms with Gasteiger partial charge in [0.25, 0.3) is 0 Å². The summed E-state index contributed by atoms with van der Waals surface area (Å²) in [5, 5.41) is 0.717. The second kappa shape index (κ2) is 11.8. The van der Waals surface area contributed by atoms with Crippen molar-refractivity contribution in [1.82, 2.24) is 24.4 Å². The van der Waals surface area contributed by atoms with Gasteiger partial charge in [-0.25, -0.2) is 23.5 Å². The summed E-state index contributed by atoms with van der Waals surface area (Å²) in [7, 11) is 0. The first-order valence-corrected chi connectivity index (χ1v) is 16.2. The van der Waals surface area contributed by atoms with Crippen LogP contribution in [0.4, 0.5) is 15.0 Å². The number of halogens is 1. The zero-order chi connectivity index (χ0) is 33.1. The summed E-state index contributed by atoms with van der Waals surface area (Å²) in [6.45, 7) is 16.8. The van der Waals surface area contributed by atoms with E-state index >= 15 is 4.39 Å². The topological polar surface area (TPSA) is 93.5 Å². The predicted molar refractivity (Wildman–Crippen MR) is 178 cm³/mol. The molecule has 2 aliphatic rings. The Hall–Kier alpha value is -4.34. The van der Waals surface area contributed by atoms with E-state index in [0.29, 0.717) is 53.4 Å². The highest BCUT2D eigenvalue weighted by molar-refractivity contribution is 5.92. The highest BCUT2D eigenvalue weighted by Gasteiger charge is 2.35. The number of aryl methyl sites for hydroxylation is 2. The summed E-state index contributed by atoms with van der Waals surface area (Å²) in [4.78, 5) is 45.6. The average molecular weight is 627 g/mol. The maximum atomic E-state index is 15.5. The molecule has 0 radical (unpaired) electrons. The number of anilines is 1. The van der Waals surface area contributed by atoms with Gasteiger partial charge in [0.2, 0.25) is 0 Å². The number of hydrogen-bond acceptors (Lipinski definition) is 7. The van der Waals surface area contributed by atoms with Gasteiger partial charge in [-0.3, -0.25) is 4.98 Å². The van der Waals surface area contributed by atoms with E-state index in [-0.39, 0.29) is 29.8 Å². The number of ether oxygens (including phenoxy) is 1. The van der Waals surface area contributed by atoms with Gasteiger partial charge in [-0.15, -0.1) is 0 Å². The van der Waals surface area contributed by atoms with E-state index in [1.54, 1.807) is 21.7 Å². The molecular formula is C36H43FN6O3. The summed E-state index contributed by atoms with van der Waals surface area (Å²) < 4.78 is 22.7. The maximum Gasteiger partial charge on any atom is 0.410 e. The molecule has 4 aromatic rings. The van der Waals surface area contributed by atoms with E-state index in [1.165, 1.54) is 6.07 Å². The van der Waals surface area contributed by atoms with Crippen LogP contribution in [0.25, 0.3) is 28.0 Å². The largest absolute Gasteiger partial charge is 0.444 e.